The average molecular weight is 524 g/mol. The number of halogens is 2. The predicted octanol–water partition coefficient (Wildman–Crippen LogP) is 6.54. The van der Waals surface area contributed by atoms with Gasteiger partial charge >= 0.3 is 0 Å². The molecule has 2 amide bonds. The Morgan fingerprint density at radius 2 is 1.56 bits per heavy atom. The van der Waals surface area contributed by atoms with Crippen molar-refractivity contribution in [3.05, 3.63) is 105 Å². The van der Waals surface area contributed by atoms with Crippen molar-refractivity contribution in [2.24, 2.45) is 0 Å². The van der Waals surface area contributed by atoms with Crippen molar-refractivity contribution in [2.75, 3.05) is 0 Å². The lowest BCUT2D eigenvalue weighted by Crippen LogP contribution is -2.52. The molecule has 0 aliphatic heterocycles. The molecule has 1 saturated carbocycles. The van der Waals surface area contributed by atoms with Crippen molar-refractivity contribution in [3.8, 4) is 0 Å². The van der Waals surface area contributed by atoms with Gasteiger partial charge in [0.15, 0.2) is 0 Å². The summed E-state index contributed by atoms with van der Waals surface area (Å²) < 4.78 is 0. The van der Waals surface area contributed by atoms with E-state index in [2.05, 4.69) is 5.32 Å². The highest BCUT2D eigenvalue weighted by Gasteiger charge is 2.32. The van der Waals surface area contributed by atoms with E-state index >= 15 is 0 Å². The third kappa shape index (κ3) is 7.11. The quantitative estimate of drug-likeness (QED) is 0.346. The molecule has 188 valence electrons. The third-order valence-corrected chi connectivity index (χ3v) is 7.52. The van der Waals surface area contributed by atoms with E-state index in [0.717, 1.165) is 47.9 Å². The van der Waals surface area contributed by atoms with Crippen LogP contribution in [0.15, 0.2) is 72.8 Å². The fourth-order valence-electron chi connectivity index (χ4n) is 4.74. The monoisotopic (exact) mass is 522 g/mol. The number of nitrogens with zero attached hydrogens (tertiary/aromatic N) is 1. The molecule has 6 heteroatoms. The molecule has 0 bridgehead atoms. The first kappa shape index (κ1) is 26.2. The Bertz CT molecular complexity index is 1180. The Labute approximate surface area is 223 Å². The summed E-state index contributed by atoms with van der Waals surface area (Å²) in [4.78, 5) is 29.2. The molecule has 0 radical (unpaired) electrons. The van der Waals surface area contributed by atoms with Gasteiger partial charge in [-0.05, 0) is 48.6 Å². The van der Waals surface area contributed by atoms with E-state index in [1.807, 2.05) is 67.6 Å². The van der Waals surface area contributed by atoms with Gasteiger partial charge in [0, 0.05) is 19.0 Å². The molecule has 1 atom stereocenters. The number of amides is 2. The molecule has 3 aromatic carbocycles. The van der Waals surface area contributed by atoms with Gasteiger partial charge in [-0.2, -0.15) is 0 Å². The number of hydrogen-bond acceptors (Lipinski definition) is 2. The first-order valence-electron chi connectivity index (χ1n) is 12.5. The van der Waals surface area contributed by atoms with Gasteiger partial charge in [0.05, 0.1) is 16.5 Å². The average Bonchev–Trinajstić information content (AvgIpc) is 3.38. The lowest BCUT2D eigenvalue weighted by atomic mass is 10.0. The van der Waals surface area contributed by atoms with E-state index in [1.54, 1.807) is 17.0 Å². The second kappa shape index (κ2) is 12.4. The van der Waals surface area contributed by atoms with Crippen LogP contribution in [0, 0.1) is 6.92 Å². The van der Waals surface area contributed by atoms with Gasteiger partial charge in [-0.1, -0.05) is 102 Å². The van der Waals surface area contributed by atoms with Crippen molar-refractivity contribution in [1.29, 1.82) is 0 Å². The van der Waals surface area contributed by atoms with Gasteiger partial charge in [-0.3, -0.25) is 9.59 Å². The Morgan fingerprint density at radius 3 is 2.22 bits per heavy atom. The minimum atomic E-state index is -0.652. The molecule has 4 rings (SSSR count). The lowest BCUT2D eigenvalue weighted by Gasteiger charge is -2.32. The number of carbonyl (C=O) groups is 2. The molecule has 0 unspecified atom stereocenters. The fraction of sp³-hybridized carbons (Fsp3) is 0.333. The summed E-state index contributed by atoms with van der Waals surface area (Å²) in [6.45, 7) is 2.28. The molecule has 3 aromatic rings. The van der Waals surface area contributed by atoms with Crippen molar-refractivity contribution in [1.82, 2.24) is 10.2 Å². The second-order valence-electron chi connectivity index (χ2n) is 9.63. The van der Waals surface area contributed by atoms with E-state index in [0.29, 0.717) is 16.5 Å². The van der Waals surface area contributed by atoms with E-state index in [-0.39, 0.29) is 30.8 Å². The summed E-state index contributed by atoms with van der Waals surface area (Å²) in [5.74, 6) is -0.213. The summed E-state index contributed by atoms with van der Waals surface area (Å²) in [6.07, 6.45) is 4.84. The van der Waals surface area contributed by atoms with E-state index in [1.165, 1.54) is 0 Å². The number of benzene rings is 3. The van der Waals surface area contributed by atoms with Crippen LogP contribution in [0.1, 0.15) is 47.9 Å². The van der Waals surface area contributed by atoms with Crippen LogP contribution < -0.4 is 5.32 Å². The summed E-state index contributed by atoms with van der Waals surface area (Å²) in [7, 11) is 0. The zero-order chi connectivity index (χ0) is 25.5. The highest BCUT2D eigenvalue weighted by Crippen LogP contribution is 2.25. The standard InChI is InChI=1S/C30H32Cl2N2O2/c1-21-11-13-23(14-12-21)19-29(35)34(20-24-15-16-26(31)27(32)17-24)28(18-22-7-3-2-4-8-22)30(36)33-25-9-5-6-10-25/h2-4,7-8,11-17,25,28H,5-6,9-10,18-20H2,1H3,(H,33,36)/t28-/m0/s1. The molecule has 0 heterocycles. The van der Waals surface area contributed by atoms with Gasteiger partial charge in [0.2, 0.25) is 11.8 Å². The minimum absolute atomic E-state index is 0.104. The molecule has 36 heavy (non-hydrogen) atoms. The number of nitrogens with one attached hydrogen (secondary N) is 1. The normalized spacial score (nSPS) is 14.4. The second-order valence-corrected chi connectivity index (χ2v) is 10.4. The molecule has 0 spiro atoms. The predicted molar refractivity (Wildman–Crippen MR) is 146 cm³/mol. The van der Waals surface area contributed by atoms with E-state index in [9.17, 15) is 9.59 Å². The Balaban J connectivity index is 1.66. The number of hydrogen-bond donors (Lipinski definition) is 1. The van der Waals surface area contributed by atoms with Crippen LogP contribution in [0.5, 0.6) is 0 Å². The summed E-state index contributed by atoms with van der Waals surface area (Å²) in [6, 6.07) is 22.7. The zero-order valence-electron chi connectivity index (χ0n) is 20.6. The largest absolute Gasteiger partial charge is 0.352 e. The molecule has 1 fully saturated rings. The number of aryl methyl sites for hydroxylation is 1. The Hall–Kier alpha value is -2.82. The molecular weight excluding hydrogens is 491 g/mol. The summed E-state index contributed by atoms with van der Waals surface area (Å²) in [5, 5.41) is 4.11. The highest BCUT2D eigenvalue weighted by atomic mass is 35.5. The number of rotatable bonds is 9. The Morgan fingerprint density at radius 1 is 0.889 bits per heavy atom. The molecule has 1 N–H and O–H groups in total. The zero-order valence-corrected chi connectivity index (χ0v) is 22.1. The van der Waals surface area contributed by atoms with Crippen LogP contribution in [-0.2, 0) is 29.0 Å². The van der Waals surface area contributed by atoms with Gasteiger partial charge < -0.3 is 10.2 Å². The van der Waals surface area contributed by atoms with Crippen molar-refractivity contribution in [3.63, 3.8) is 0 Å². The van der Waals surface area contributed by atoms with Crippen molar-refractivity contribution in [2.45, 2.75) is 64.1 Å². The van der Waals surface area contributed by atoms with Gasteiger partial charge in [-0.25, -0.2) is 0 Å². The van der Waals surface area contributed by atoms with Gasteiger partial charge in [0.1, 0.15) is 6.04 Å². The topological polar surface area (TPSA) is 49.4 Å². The first-order valence-corrected chi connectivity index (χ1v) is 13.3. The molecule has 1 aliphatic rings. The van der Waals surface area contributed by atoms with Crippen LogP contribution in [0.3, 0.4) is 0 Å². The van der Waals surface area contributed by atoms with Crippen LogP contribution >= 0.6 is 23.2 Å². The molecule has 1 aliphatic carbocycles. The minimum Gasteiger partial charge on any atom is -0.352 e. The first-order chi connectivity index (χ1) is 17.4. The smallest absolute Gasteiger partial charge is 0.243 e. The fourth-order valence-corrected chi connectivity index (χ4v) is 5.06. The lowest BCUT2D eigenvalue weighted by molar-refractivity contribution is -0.141. The highest BCUT2D eigenvalue weighted by molar-refractivity contribution is 6.42. The maximum atomic E-state index is 13.8. The molecule has 0 aromatic heterocycles. The van der Waals surface area contributed by atoms with Gasteiger partial charge in [-0.15, -0.1) is 0 Å². The molecule has 0 saturated heterocycles. The van der Waals surface area contributed by atoms with Crippen molar-refractivity contribution >= 4 is 35.0 Å². The Kier molecular flexibility index (Phi) is 9.06. The third-order valence-electron chi connectivity index (χ3n) is 6.79. The van der Waals surface area contributed by atoms with Crippen molar-refractivity contribution < 1.29 is 9.59 Å². The van der Waals surface area contributed by atoms with E-state index in [4.69, 9.17) is 23.2 Å². The maximum Gasteiger partial charge on any atom is 0.243 e. The SMILES string of the molecule is Cc1ccc(CC(=O)N(Cc2ccc(Cl)c(Cl)c2)[C@@H](Cc2ccccc2)C(=O)NC2CCCC2)cc1. The van der Waals surface area contributed by atoms with Crippen LogP contribution in [0.4, 0.5) is 0 Å². The summed E-state index contributed by atoms with van der Waals surface area (Å²) in [5.41, 5.74) is 3.89. The summed E-state index contributed by atoms with van der Waals surface area (Å²) >= 11 is 12.4. The van der Waals surface area contributed by atoms with Crippen LogP contribution in [0.2, 0.25) is 10.0 Å². The molecule has 4 nitrogen and oxygen atoms in total. The van der Waals surface area contributed by atoms with Gasteiger partial charge in [0.25, 0.3) is 0 Å². The van der Waals surface area contributed by atoms with Crippen LogP contribution in [0.25, 0.3) is 0 Å². The number of carbonyl (C=O) groups excluding carboxylic acids is 2. The molecular formula is C30H32Cl2N2O2. The van der Waals surface area contributed by atoms with E-state index < -0.39 is 6.04 Å². The maximum absolute atomic E-state index is 13.8. The van der Waals surface area contributed by atoms with Crippen LogP contribution in [-0.4, -0.2) is 28.8 Å².